The highest BCUT2D eigenvalue weighted by atomic mass is 79.9. The van der Waals surface area contributed by atoms with Crippen molar-refractivity contribution in [1.82, 2.24) is 0 Å². The maximum Gasteiger partial charge on any atom is 0.335 e. The molecule has 1 rings (SSSR count). The third-order valence-corrected chi connectivity index (χ3v) is 2.77. The maximum absolute atomic E-state index is 13.4. The van der Waals surface area contributed by atoms with Crippen LogP contribution in [-0.4, -0.2) is 27.4 Å². The number of carbonyl (C=O) groups is 1. The van der Waals surface area contributed by atoms with Crippen molar-refractivity contribution < 1.29 is 24.5 Å². The van der Waals surface area contributed by atoms with Crippen LogP contribution in [0.1, 0.15) is 11.7 Å². The van der Waals surface area contributed by atoms with E-state index in [0.29, 0.717) is 0 Å². The number of carboxylic acids is 1. The van der Waals surface area contributed by atoms with Crippen LogP contribution in [-0.2, 0) is 4.79 Å². The molecule has 3 N–H and O–H groups in total. The highest BCUT2D eigenvalue weighted by molar-refractivity contribution is 9.10. The summed E-state index contributed by atoms with van der Waals surface area (Å²) in [7, 11) is 0. The maximum atomic E-state index is 13.4. The Morgan fingerprint density at radius 3 is 2.44 bits per heavy atom. The molecule has 1 aromatic carbocycles. The summed E-state index contributed by atoms with van der Waals surface area (Å²) in [6, 6.07) is 2.21. The third kappa shape index (κ3) is 2.70. The molecule has 0 radical (unpaired) electrons. The number of aliphatic hydroxyl groups is 2. The Kier molecular flexibility index (Phi) is 4.26. The van der Waals surface area contributed by atoms with Crippen molar-refractivity contribution in [2.45, 2.75) is 12.2 Å². The van der Waals surface area contributed by atoms with Gasteiger partial charge in [0.25, 0.3) is 0 Å². The van der Waals surface area contributed by atoms with Gasteiger partial charge in [0.15, 0.2) is 6.10 Å². The Labute approximate surface area is 103 Å². The summed E-state index contributed by atoms with van der Waals surface area (Å²) in [6.07, 6.45) is -3.98. The Bertz CT molecular complexity index is 403. The second kappa shape index (κ2) is 5.09. The number of aliphatic hydroxyl groups excluding tert-OH is 2. The van der Waals surface area contributed by atoms with Gasteiger partial charge < -0.3 is 15.3 Å². The van der Waals surface area contributed by atoms with Crippen molar-refractivity contribution in [3.63, 3.8) is 0 Å². The summed E-state index contributed by atoms with van der Waals surface area (Å²) in [4.78, 5) is 10.4. The molecule has 0 bridgehead atoms. The van der Waals surface area contributed by atoms with Gasteiger partial charge in [-0.2, -0.15) is 0 Å². The standard InChI is InChI=1S/C9H7BrClFO4/c10-4-1-3(11)2-5(12)6(4)7(13)8(14)9(15)16/h1-2,7-8,13-14H,(H,15,16). The van der Waals surface area contributed by atoms with Gasteiger partial charge in [0.2, 0.25) is 0 Å². The van der Waals surface area contributed by atoms with E-state index >= 15 is 0 Å². The number of carboxylic acid groups (broad SMARTS) is 1. The van der Waals surface area contributed by atoms with Crippen LogP contribution in [0.3, 0.4) is 0 Å². The molecule has 1 aromatic rings. The fourth-order valence-corrected chi connectivity index (χ4v) is 2.14. The zero-order valence-corrected chi connectivity index (χ0v) is 10.0. The van der Waals surface area contributed by atoms with Gasteiger partial charge >= 0.3 is 5.97 Å². The second-order valence-corrected chi connectivity index (χ2v) is 4.30. The van der Waals surface area contributed by atoms with Crippen LogP contribution in [0.15, 0.2) is 16.6 Å². The lowest BCUT2D eigenvalue weighted by Crippen LogP contribution is -2.28. The van der Waals surface area contributed by atoms with Gasteiger partial charge in [-0.25, -0.2) is 9.18 Å². The van der Waals surface area contributed by atoms with E-state index in [4.69, 9.17) is 21.8 Å². The molecule has 16 heavy (non-hydrogen) atoms. The summed E-state index contributed by atoms with van der Waals surface area (Å²) in [6.45, 7) is 0. The van der Waals surface area contributed by atoms with Crippen molar-refractivity contribution in [2.75, 3.05) is 0 Å². The summed E-state index contributed by atoms with van der Waals surface area (Å²) in [5.74, 6) is -2.54. The van der Waals surface area contributed by atoms with Gasteiger partial charge in [0.05, 0.1) is 0 Å². The highest BCUT2D eigenvalue weighted by Crippen LogP contribution is 2.31. The van der Waals surface area contributed by atoms with E-state index in [1.807, 2.05) is 0 Å². The average molecular weight is 314 g/mol. The molecule has 4 nitrogen and oxygen atoms in total. The van der Waals surface area contributed by atoms with Gasteiger partial charge in [0, 0.05) is 15.1 Å². The average Bonchev–Trinajstić information content (AvgIpc) is 2.14. The smallest absolute Gasteiger partial charge is 0.335 e. The molecule has 7 heteroatoms. The number of hydrogen-bond acceptors (Lipinski definition) is 3. The zero-order valence-electron chi connectivity index (χ0n) is 7.69. The second-order valence-electron chi connectivity index (χ2n) is 3.01. The molecule has 88 valence electrons. The third-order valence-electron chi connectivity index (χ3n) is 1.89. The first-order valence-corrected chi connectivity index (χ1v) is 5.25. The van der Waals surface area contributed by atoms with Gasteiger partial charge in [0.1, 0.15) is 11.9 Å². The minimum Gasteiger partial charge on any atom is -0.479 e. The Balaban J connectivity index is 3.18. The topological polar surface area (TPSA) is 77.8 Å². The van der Waals surface area contributed by atoms with Crippen LogP contribution >= 0.6 is 27.5 Å². The summed E-state index contributed by atoms with van der Waals surface area (Å²) in [5.41, 5.74) is -0.348. The van der Waals surface area contributed by atoms with Crippen molar-refractivity contribution in [1.29, 1.82) is 0 Å². The number of aliphatic carboxylic acids is 1. The van der Waals surface area contributed by atoms with E-state index in [9.17, 15) is 14.3 Å². The fourth-order valence-electron chi connectivity index (χ4n) is 1.13. The Hall–Kier alpha value is -0.690. The molecule has 0 aliphatic rings. The van der Waals surface area contributed by atoms with E-state index < -0.39 is 24.0 Å². The molecule has 0 saturated heterocycles. The lowest BCUT2D eigenvalue weighted by Gasteiger charge is -2.16. The highest BCUT2D eigenvalue weighted by Gasteiger charge is 2.29. The first-order valence-electron chi connectivity index (χ1n) is 4.08. The van der Waals surface area contributed by atoms with E-state index in [1.54, 1.807) is 0 Å². The predicted octanol–water partition coefficient (Wildman–Crippen LogP) is 1.72. The van der Waals surface area contributed by atoms with Gasteiger partial charge in [-0.3, -0.25) is 0 Å². The molecule has 0 fully saturated rings. The van der Waals surface area contributed by atoms with Crippen LogP contribution in [0, 0.1) is 5.82 Å². The minimum absolute atomic E-state index is 0.0881. The summed E-state index contributed by atoms with van der Waals surface area (Å²) in [5, 5.41) is 27.1. The molecule has 0 aromatic heterocycles. The van der Waals surface area contributed by atoms with Crippen LogP contribution in [0.2, 0.25) is 5.02 Å². The number of halogens is 3. The zero-order chi connectivity index (χ0) is 12.5. The predicted molar refractivity (Wildman–Crippen MR) is 57.7 cm³/mol. The molecule has 0 amide bonds. The molecule has 0 aliphatic heterocycles. The molecular weight excluding hydrogens is 306 g/mol. The normalized spacial score (nSPS) is 14.6. The van der Waals surface area contributed by atoms with Gasteiger partial charge in [-0.05, 0) is 12.1 Å². The van der Waals surface area contributed by atoms with Crippen LogP contribution in [0.5, 0.6) is 0 Å². The summed E-state index contributed by atoms with van der Waals surface area (Å²) < 4.78 is 13.5. The molecule has 2 atom stereocenters. The van der Waals surface area contributed by atoms with Crippen LogP contribution < -0.4 is 0 Å². The van der Waals surface area contributed by atoms with E-state index in [-0.39, 0.29) is 15.1 Å². The lowest BCUT2D eigenvalue weighted by atomic mass is 10.0. The largest absolute Gasteiger partial charge is 0.479 e. The van der Waals surface area contributed by atoms with E-state index in [1.165, 1.54) is 6.07 Å². The first-order chi connectivity index (χ1) is 7.34. The van der Waals surface area contributed by atoms with E-state index in [0.717, 1.165) is 6.07 Å². The summed E-state index contributed by atoms with van der Waals surface area (Å²) >= 11 is 8.47. The quantitative estimate of drug-likeness (QED) is 0.794. The van der Waals surface area contributed by atoms with Crippen LogP contribution in [0.4, 0.5) is 4.39 Å². The van der Waals surface area contributed by atoms with Crippen molar-refractivity contribution in [3.05, 3.63) is 33.0 Å². The Morgan fingerprint density at radius 2 is 2.00 bits per heavy atom. The number of hydrogen-bond donors (Lipinski definition) is 3. The fraction of sp³-hybridized carbons (Fsp3) is 0.222. The van der Waals surface area contributed by atoms with Crippen molar-refractivity contribution >= 4 is 33.5 Å². The molecular formula is C9H7BrClFO4. The lowest BCUT2D eigenvalue weighted by molar-refractivity contribution is -0.153. The monoisotopic (exact) mass is 312 g/mol. The number of benzene rings is 1. The van der Waals surface area contributed by atoms with E-state index in [2.05, 4.69) is 15.9 Å². The minimum atomic E-state index is -2.10. The van der Waals surface area contributed by atoms with Crippen molar-refractivity contribution in [3.8, 4) is 0 Å². The molecule has 2 unspecified atom stereocenters. The molecule has 0 heterocycles. The SMILES string of the molecule is O=C(O)C(O)C(O)c1c(F)cc(Cl)cc1Br. The molecule has 0 aliphatic carbocycles. The number of rotatable bonds is 3. The first kappa shape index (κ1) is 13.4. The van der Waals surface area contributed by atoms with Crippen molar-refractivity contribution in [2.24, 2.45) is 0 Å². The Morgan fingerprint density at radius 1 is 1.44 bits per heavy atom. The van der Waals surface area contributed by atoms with Gasteiger partial charge in [-0.1, -0.05) is 27.5 Å². The van der Waals surface area contributed by atoms with Crippen LogP contribution in [0.25, 0.3) is 0 Å². The van der Waals surface area contributed by atoms with Gasteiger partial charge in [-0.15, -0.1) is 0 Å². The molecule has 0 saturated carbocycles. The molecule has 0 spiro atoms.